The third-order valence-electron chi connectivity index (χ3n) is 4.03. The minimum Gasteiger partial charge on any atom is -0.467 e. The van der Waals surface area contributed by atoms with Crippen LogP contribution in [0.4, 0.5) is 14.0 Å². The van der Waals surface area contributed by atoms with E-state index in [4.69, 9.17) is 14.2 Å². The molecule has 0 fully saturated rings. The number of hydrogen-bond acceptors (Lipinski definition) is 6. The standard InChI is InChI=1S/C22H29FN2O6/c1-21(2,3)30-19(27)24-16(14-8-10-15(23)11-9-14)12-13-17(18(26)29-7)25(24)20(28)31-22(4,5)6/h8-12,17H,13H2,1-7H3/t17-/m1/s1. The third-order valence-corrected chi connectivity index (χ3v) is 4.03. The van der Waals surface area contributed by atoms with E-state index in [2.05, 4.69) is 0 Å². The van der Waals surface area contributed by atoms with Crippen LogP contribution in [0.25, 0.3) is 5.70 Å². The van der Waals surface area contributed by atoms with Gasteiger partial charge in [0.1, 0.15) is 17.0 Å². The van der Waals surface area contributed by atoms with Crippen LogP contribution in [0.5, 0.6) is 0 Å². The van der Waals surface area contributed by atoms with Gasteiger partial charge in [-0.2, -0.15) is 10.0 Å². The molecule has 0 aliphatic carbocycles. The van der Waals surface area contributed by atoms with Gasteiger partial charge in [0.05, 0.1) is 12.8 Å². The predicted molar refractivity (Wildman–Crippen MR) is 111 cm³/mol. The van der Waals surface area contributed by atoms with Gasteiger partial charge in [-0.1, -0.05) is 6.08 Å². The highest BCUT2D eigenvalue weighted by Gasteiger charge is 2.45. The summed E-state index contributed by atoms with van der Waals surface area (Å²) in [5.74, 6) is -1.19. The molecule has 0 aromatic heterocycles. The molecule has 1 aliphatic rings. The number of hydrazine groups is 1. The second kappa shape index (κ2) is 8.95. The number of hydrogen-bond donors (Lipinski definition) is 0. The zero-order valence-corrected chi connectivity index (χ0v) is 18.9. The van der Waals surface area contributed by atoms with Crippen molar-refractivity contribution in [3.05, 3.63) is 41.7 Å². The topological polar surface area (TPSA) is 85.4 Å². The molecule has 1 aliphatic heterocycles. The molecule has 8 nitrogen and oxygen atoms in total. The van der Waals surface area contributed by atoms with Crippen molar-refractivity contribution in [1.29, 1.82) is 0 Å². The minimum absolute atomic E-state index is 0.0535. The van der Waals surface area contributed by atoms with Crippen molar-refractivity contribution in [3.8, 4) is 0 Å². The lowest BCUT2D eigenvalue weighted by molar-refractivity contribution is -0.152. The van der Waals surface area contributed by atoms with Gasteiger partial charge >= 0.3 is 18.2 Å². The molecule has 0 bridgehead atoms. The highest BCUT2D eigenvalue weighted by molar-refractivity contribution is 5.90. The van der Waals surface area contributed by atoms with Crippen LogP contribution < -0.4 is 0 Å². The molecule has 0 spiro atoms. The third kappa shape index (κ3) is 6.19. The summed E-state index contributed by atoms with van der Waals surface area (Å²) < 4.78 is 29.3. The molecule has 1 atom stereocenters. The average molecular weight is 436 g/mol. The van der Waals surface area contributed by atoms with Gasteiger partial charge in [0.25, 0.3) is 0 Å². The summed E-state index contributed by atoms with van der Waals surface area (Å²) in [5, 5.41) is 1.83. The van der Waals surface area contributed by atoms with Gasteiger partial charge in [0.15, 0.2) is 6.04 Å². The summed E-state index contributed by atoms with van der Waals surface area (Å²) in [7, 11) is 1.19. The SMILES string of the molecule is COC(=O)[C@H]1CC=C(c2ccc(F)cc2)N(C(=O)OC(C)(C)C)N1C(=O)OC(C)(C)C. The first-order valence-corrected chi connectivity index (χ1v) is 9.82. The smallest absolute Gasteiger partial charge is 0.434 e. The fraction of sp³-hybridized carbons (Fsp3) is 0.500. The molecule has 0 saturated carbocycles. The number of amides is 2. The number of ether oxygens (including phenoxy) is 3. The molecule has 9 heteroatoms. The number of methoxy groups -OCH3 is 1. The number of nitrogens with zero attached hydrogens (tertiary/aromatic N) is 2. The summed E-state index contributed by atoms with van der Waals surface area (Å²) in [6.07, 6.45) is -0.179. The molecule has 0 radical (unpaired) electrons. The first-order chi connectivity index (χ1) is 14.2. The van der Waals surface area contributed by atoms with E-state index in [1.807, 2.05) is 0 Å². The van der Waals surface area contributed by atoms with Crippen molar-refractivity contribution < 1.29 is 33.0 Å². The van der Waals surface area contributed by atoms with Gasteiger partial charge in [-0.3, -0.25) is 0 Å². The van der Waals surface area contributed by atoms with Crippen LogP contribution in [0.15, 0.2) is 30.3 Å². The van der Waals surface area contributed by atoms with Gasteiger partial charge < -0.3 is 14.2 Å². The van der Waals surface area contributed by atoms with Crippen molar-refractivity contribution in [3.63, 3.8) is 0 Å². The first kappa shape index (κ1) is 24.2. The van der Waals surface area contributed by atoms with Crippen LogP contribution in [0.1, 0.15) is 53.5 Å². The Morgan fingerprint density at radius 3 is 1.94 bits per heavy atom. The van der Waals surface area contributed by atoms with E-state index in [9.17, 15) is 18.8 Å². The molecule has 0 unspecified atom stereocenters. The van der Waals surface area contributed by atoms with E-state index in [1.54, 1.807) is 47.6 Å². The van der Waals surface area contributed by atoms with E-state index in [0.29, 0.717) is 5.56 Å². The quantitative estimate of drug-likeness (QED) is 0.501. The molecule has 2 amide bonds. The molecular weight excluding hydrogens is 407 g/mol. The van der Waals surface area contributed by atoms with Crippen LogP contribution in [-0.2, 0) is 19.0 Å². The monoisotopic (exact) mass is 436 g/mol. The highest BCUT2D eigenvalue weighted by atomic mass is 19.1. The van der Waals surface area contributed by atoms with Crippen molar-refractivity contribution in [1.82, 2.24) is 10.0 Å². The Hall–Kier alpha value is -3.10. The lowest BCUT2D eigenvalue weighted by atomic mass is 10.0. The number of benzene rings is 1. The van der Waals surface area contributed by atoms with Crippen LogP contribution in [0.3, 0.4) is 0 Å². The zero-order chi connectivity index (χ0) is 23.6. The average Bonchev–Trinajstić information content (AvgIpc) is 2.64. The van der Waals surface area contributed by atoms with E-state index >= 15 is 0 Å². The second-order valence-corrected chi connectivity index (χ2v) is 8.99. The Labute approximate surface area is 181 Å². The fourth-order valence-corrected chi connectivity index (χ4v) is 2.87. The summed E-state index contributed by atoms with van der Waals surface area (Å²) in [5.41, 5.74) is -1.08. The fourth-order valence-electron chi connectivity index (χ4n) is 2.87. The molecule has 0 saturated heterocycles. The van der Waals surface area contributed by atoms with Crippen molar-refractivity contribution >= 4 is 23.9 Å². The zero-order valence-electron chi connectivity index (χ0n) is 18.9. The maximum atomic E-state index is 13.5. The Morgan fingerprint density at radius 2 is 1.45 bits per heavy atom. The minimum atomic E-state index is -1.16. The number of halogens is 1. The Morgan fingerprint density at radius 1 is 0.935 bits per heavy atom. The summed E-state index contributed by atoms with van der Waals surface area (Å²) in [4.78, 5) is 38.8. The molecule has 31 heavy (non-hydrogen) atoms. The van der Waals surface area contributed by atoms with Gasteiger partial charge in [-0.15, -0.1) is 0 Å². The Kier molecular flexibility index (Phi) is 6.98. The van der Waals surface area contributed by atoms with Crippen LogP contribution in [0.2, 0.25) is 0 Å². The van der Waals surface area contributed by atoms with Gasteiger partial charge in [0.2, 0.25) is 0 Å². The summed E-state index contributed by atoms with van der Waals surface area (Å²) in [6, 6.07) is 4.23. The van der Waals surface area contributed by atoms with Crippen LogP contribution >= 0.6 is 0 Å². The van der Waals surface area contributed by atoms with Gasteiger partial charge in [0, 0.05) is 12.0 Å². The molecular formula is C22H29FN2O6. The number of carbonyl (C=O) groups is 3. The maximum Gasteiger partial charge on any atom is 0.434 e. The summed E-state index contributed by atoms with van der Waals surface area (Å²) >= 11 is 0. The van der Waals surface area contributed by atoms with Crippen molar-refractivity contribution in [2.24, 2.45) is 0 Å². The normalized spacial score (nSPS) is 17.0. The van der Waals surface area contributed by atoms with Crippen LogP contribution in [0, 0.1) is 5.82 Å². The van der Waals surface area contributed by atoms with Crippen molar-refractivity contribution in [2.75, 3.05) is 7.11 Å². The lowest BCUT2D eigenvalue weighted by Gasteiger charge is -2.42. The van der Waals surface area contributed by atoms with Crippen LogP contribution in [-0.4, -0.2) is 52.5 Å². The van der Waals surface area contributed by atoms with E-state index in [1.165, 1.54) is 31.4 Å². The molecule has 2 rings (SSSR count). The molecule has 170 valence electrons. The molecule has 0 N–H and O–H groups in total. The van der Waals surface area contributed by atoms with Crippen molar-refractivity contribution in [2.45, 2.75) is 65.2 Å². The van der Waals surface area contributed by atoms with E-state index < -0.39 is 41.2 Å². The number of carbonyl (C=O) groups excluding carboxylic acids is 3. The largest absolute Gasteiger partial charge is 0.467 e. The maximum absolute atomic E-state index is 13.5. The predicted octanol–water partition coefficient (Wildman–Crippen LogP) is 4.50. The summed E-state index contributed by atoms with van der Waals surface area (Å²) in [6.45, 7) is 10.0. The van der Waals surface area contributed by atoms with E-state index in [-0.39, 0.29) is 12.1 Å². The van der Waals surface area contributed by atoms with Gasteiger partial charge in [-0.05, 0) is 65.8 Å². The molecule has 1 heterocycles. The molecule has 1 aromatic rings. The van der Waals surface area contributed by atoms with E-state index in [0.717, 1.165) is 10.0 Å². The highest BCUT2D eigenvalue weighted by Crippen LogP contribution is 2.33. The first-order valence-electron chi connectivity index (χ1n) is 9.82. The second-order valence-electron chi connectivity index (χ2n) is 8.99. The van der Waals surface area contributed by atoms with Gasteiger partial charge in [-0.25, -0.2) is 18.8 Å². The number of esters is 1. The Bertz CT molecular complexity index is 867. The Balaban J connectivity index is 2.63. The molecule has 1 aromatic carbocycles. The lowest BCUT2D eigenvalue weighted by Crippen LogP contribution is -2.59. The number of rotatable bonds is 2.